The number of nitrogens with zero attached hydrogens (tertiary/aromatic N) is 4. The van der Waals surface area contributed by atoms with Gasteiger partial charge < -0.3 is 4.90 Å². The molecule has 2 aliphatic rings. The zero-order chi connectivity index (χ0) is 23.7. The third kappa shape index (κ3) is 4.45. The molecule has 0 radical (unpaired) electrons. The van der Waals surface area contributed by atoms with Crippen molar-refractivity contribution in [2.24, 2.45) is 7.05 Å². The van der Waals surface area contributed by atoms with Crippen LogP contribution >= 0.6 is 35.6 Å². The van der Waals surface area contributed by atoms with Crippen LogP contribution in [-0.4, -0.2) is 32.8 Å². The van der Waals surface area contributed by atoms with E-state index in [2.05, 4.69) is 4.90 Å². The molecule has 0 N–H and O–H groups in total. The first-order valence-corrected chi connectivity index (χ1v) is 12.3. The Morgan fingerprint density at radius 1 is 1.21 bits per heavy atom. The summed E-state index contributed by atoms with van der Waals surface area (Å²) in [6.07, 6.45) is 5.00. The highest BCUT2D eigenvalue weighted by Crippen LogP contribution is 2.37. The molecule has 0 unspecified atom stereocenters. The monoisotopic (exact) mass is 498 g/mol. The van der Waals surface area contributed by atoms with Crippen molar-refractivity contribution in [2.75, 3.05) is 18.0 Å². The van der Waals surface area contributed by atoms with Crippen LogP contribution in [0.1, 0.15) is 41.5 Å². The molecule has 0 saturated carbocycles. The van der Waals surface area contributed by atoms with Gasteiger partial charge in [0.1, 0.15) is 21.8 Å². The van der Waals surface area contributed by atoms with Crippen molar-refractivity contribution in [3.8, 4) is 6.07 Å². The number of rotatable bonds is 4. The standard InChI is InChI=1S/C24H23ClN4O2S2/c1-15-17(21(28-10-6-3-7-11-28)27(2)22(30)18(15)13-26)12-20-23(31)29(24(32)33-20)14-16-8-4-5-9-19(16)25/h4-5,8-9,12H,3,6-7,10-11,14H2,1-2H3. The van der Waals surface area contributed by atoms with Crippen LogP contribution < -0.4 is 10.5 Å². The van der Waals surface area contributed by atoms with Crippen LogP contribution in [-0.2, 0) is 18.4 Å². The minimum atomic E-state index is -0.320. The Morgan fingerprint density at radius 3 is 2.58 bits per heavy atom. The molecule has 2 aromatic rings. The second-order valence-electron chi connectivity index (χ2n) is 8.12. The number of hydrogen-bond acceptors (Lipinski definition) is 6. The average Bonchev–Trinajstić information content (AvgIpc) is 3.07. The number of nitriles is 1. The van der Waals surface area contributed by atoms with E-state index in [0.29, 0.717) is 25.4 Å². The van der Waals surface area contributed by atoms with E-state index < -0.39 is 0 Å². The summed E-state index contributed by atoms with van der Waals surface area (Å²) >= 11 is 13.0. The van der Waals surface area contributed by atoms with Gasteiger partial charge in [0.05, 0.1) is 11.4 Å². The van der Waals surface area contributed by atoms with Gasteiger partial charge in [-0.25, -0.2) is 0 Å². The Morgan fingerprint density at radius 2 is 1.91 bits per heavy atom. The Kier molecular flexibility index (Phi) is 6.94. The quantitative estimate of drug-likeness (QED) is 0.453. The number of thioether (sulfide) groups is 1. The SMILES string of the molecule is Cc1c(C=C2SC(=S)N(Cc3ccccc3Cl)C2=O)c(N2CCCCC2)n(C)c(=O)c1C#N. The fraction of sp³-hybridized carbons (Fsp3) is 0.333. The third-order valence-corrected chi connectivity index (χ3v) is 7.81. The number of aromatic nitrogens is 1. The summed E-state index contributed by atoms with van der Waals surface area (Å²) in [5.41, 5.74) is 1.89. The molecular weight excluding hydrogens is 476 g/mol. The van der Waals surface area contributed by atoms with Crippen molar-refractivity contribution in [1.82, 2.24) is 9.47 Å². The molecule has 9 heteroatoms. The van der Waals surface area contributed by atoms with E-state index in [1.54, 1.807) is 26.1 Å². The number of benzene rings is 1. The lowest BCUT2D eigenvalue weighted by atomic mass is 10.0. The van der Waals surface area contributed by atoms with Gasteiger partial charge in [0.25, 0.3) is 11.5 Å². The van der Waals surface area contributed by atoms with Gasteiger partial charge in [-0.1, -0.05) is 53.8 Å². The maximum absolute atomic E-state index is 13.3. The number of pyridine rings is 1. The van der Waals surface area contributed by atoms with Gasteiger partial charge in [-0.2, -0.15) is 5.26 Å². The first kappa shape index (κ1) is 23.6. The lowest BCUT2D eigenvalue weighted by Gasteiger charge is -2.32. The topological polar surface area (TPSA) is 69.3 Å². The van der Waals surface area contributed by atoms with Crippen molar-refractivity contribution >= 4 is 57.7 Å². The molecule has 1 amide bonds. The molecule has 3 heterocycles. The molecule has 0 aliphatic carbocycles. The number of halogens is 1. The summed E-state index contributed by atoms with van der Waals surface area (Å²) < 4.78 is 1.99. The first-order chi connectivity index (χ1) is 15.8. The van der Waals surface area contributed by atoms with E-state index in [4.69, 9.17) is 23.8 Å². The zero-order valence-electron chi connectivity index (χ0n) is 18.4. The first-order valence-electron chi connectivity index (χ1n) is 10.7. The van der Waals surface area contributed by atoms with Crippen LogP contribution in [0.5, 0.6) is 0 Å². The molecule has 0 bridgehead atoms. The number of carbonyl (C=O) groups is 1. The van der Waals surface area contributed by atoms with Crippen LogP contribution in [0, 0.1) is 18.3 Å². The van der Waals surface area contributed by atoms with Crippen molar-refractivity contribution < 1.29 is 4.79 Å². The molecule has 6 nitrogen and oxygen atoms in total. The van der Waals surface area contributed by atoms with E-state index in [0.717, 1.165) is 43.7 Å². The van der Waals surface area contributed by atoms with Crippen LogP contribution in [0.15, 0.2) is 34.0 Å². The van der Waals surface area contributed by atoms with Gasteiger partial charge in [0, 0.05) is 30.7 Å². The van der Waals surface area contributed by atoms with Gasteiger partial charge in [-0.3, -0.25) is 19.1 Å². The molecule has 4 rings (SSSR count). The fourth-order valence-corrected chi connectivity index (χ4v) is 5.70. The third-order valence-electron chi connectivity index (χ3n) is 6.06. The number of thiocarbonyl (C=S) groups is 1. The molecule has 33 heavy (non-hydrogen) atoms. The van der Waals surface area contributed by atoms with E-state index in [1.165, 1.54) is 21.2 Å². The zero-order valence-corrected chi connectivity index (χ0v) is 20.8. The highest BCUT2D eigenvalue weighted by molar-refractivity contribution is 8.26. The molecule has 0 atom stereocenters. The smallest absolute Gasteiger partial charge is 0.270 e. The van der Waals surface area contributed by atoms with Crippen LogP contribution in [0.4, 0.5) is 5.82 Å². The van der Waals surface area contributed by atoms with E-state index in [-0.39, 0.29) is 23.6 Å². The molecule has 0 spiro atoms. The Labute approximate surface area is 207 Å². The van der Waals surface area contributed by atoms with Crippen molar-refractivity contribution in [1.29, 1.82) is 5.26 Å². The maximum atomic E-state index is 13.3. The van der Waals surface area contributed by atoms with Crippen LogP contribution in [0.25, 0.3) is 6.08 Å². The van der Waals surface area contributed by atoms with Gasteiger partial charge in [0.2, 0.25) is 0 Å². The van der Waals surface area contributed by atoms with E-state index in [1.807, 2.05) is 24.3 Å². The summed E-state index contributed by atoms with van der Waals surface area (Å²) in [7, 11) is 1.69. The molecule has 1 aromatic carbocycles. The van der Waals surface area contributed by atoms with Crippen molar-refractivity contribution in [3.63, 3.8) is 0 Å². The van der Waals surface area contributed by atoms with Crippen LogP contribution in [0.3, 0.4) is 0 Å². The van der Waals surface area contributed by atoms with E-state index >= 15 is 0 Å². The number of hydrogen-bond donors (Lipinski definition) is 0. The fourth-order valence-electron chi connectivity index (χ4n) is 4.26. The second kappa shape index (κ2) is 9.72. The van der Waals surface area contributed by atoms with Crippen molar-refractivity contribution in [3.05, 3.63) is 66.8 Å². The molecular formula is C24H23ClN4O2S2. The number of amides is 1. The van der Waals surface area contributed by atoms with Gasteiger partial charge in [-0.05, 0) is 49.5 Å². The highest BCUT2D eigenvalue weighted by Gasteiger charge is 2.33. The summed E-state index contributed by atoms with van der Waals surface area (Å²) in [6, 6.07) is 9.41. The molecule has 2 fully saturated rings. The van der Waals surface area contributed by atoms with Crippen LogP contribution in [0.2, 0.25) is 5.02 Å². The highest BCUT2D eigenvalue weighted by atomic mass is 35.5. The Hall–Kier alpha value is -2.60. The normalized spacial score (nSPS) is 17.7. The number of piperidine rings is 1. The lowest BCUT2D eigenvalue weighted by Crippen LogP contribution is -2.36. The second-order valence-corrected chi connectivity index (χ2v) is 10.2. The number of anilines is 1. The molecule has 1 aromatic heterocycles. The largest absolute Gasteiger partial charge is 0.357 e. The summed E-state index contributed by atoms with van der Waals surface area (Å²) in [5.74, 6) is 0.536. The summed E-state index contributed by atoms with van der Waals surface area (Å²) in [6.45, 7) is 3.71. The van der Waals surface area contributed by atoms with E-state index in [9.17, 15) is 14.9 Å². The summed E-state index contributed by atoms with van der Waals surface area (Å²) in [5, 5.41) is 10.2. The Bertz CT molecular complexity index is 1270. The van der Waals surface area contributed by atoms with Gasteiger partial charge in [0.15, 0.2) is 0 Å². The predicted molar refractivity (Wildman–Crippen MR) is 137 cm³/mol. The minimum absolute atomic E-state index is 0.0936. The minimum Gasteiger partial charge on any atom is -0.357 e. The molecule has 2 saturated heterocycles. The van der Waals surface area contributed by atoms with Crippen molar-refractivity contribution in [2.45, 2.75) is 32.7 Å². The maximum Gasteiger partial charge on any atom is 0.270 e. The van der Waals surface area contributed by atoms with Gasteiger partial charge in [-0.15, -0.1) is 0 Å². The average molecular weight is 499 g/mol. The van der Waals surface area contributed by atoms with Gasteiger partial charge >= 0.3 is 0 Å². The predicted octanol–water partition coefficient (Wildman–Crippen LogP) is 4.61. The molecule has 2 aliphatic heterocycles. The summed E-state index contributed by atoms with van der Waals surface area (Å²) in [4.78, 5) is 30.3. The Balaban J connectivity index is 1.78. The molecule has 170 valence electrons. The lowest BCUT2D eigenvalue weighted by molar-refractivity contribution is -0.122. The number of carbonyl (C=O) groups excluding carboxylic acids is 1.